The summed E-state index contributed by atoms with van der Waals surface area (Å²) in [4.78, 5) is 42.0. The molecule has 2 aromatic carbocycles. The third-order valence-electron chi connectivity index (χ3n) is 5.92. The van der Waals surface area contributed by atoms with E-state index in [-0.39, 0.29) is 39.8 Å². The van der Waals surface area contributed by atoms with Crippen LogP contribution in [-0.4, -0.2) is 36.7 Å². The van der Waals surface area contributed by atoms with Crippen LogP contribution in [0.1, 0.15) is 24.5 Å². The Labute approximate surface area is 210 Å². The number of hydrogen-bond donors (Lipinski definition) is 1. The number of nitrogens with zero attached hydrogens (tertiary/aromatic N) is 2. The Hall–Kier alpha value is -3.04. The highest BCUT2D eigenvalue weighted by Gasteiger charge is 2.53. The Morgan fingerprint density at radius 3 is 2.31 bits per heavy atom. The molecule has 186 valence electrons. The summed E-state index contributed by atoms with van der Waals surface area (Å²) >= 11 is 12.1. The monoisotopic (exact) mass is 527 g/mol. The van der Waals surface area contributed by atoms with Crippen LogP contribution in [0.25, 0.3) is 0 Å². The SMILES string of the molecule is CC1=C(C(=O)N(C)C)CC(Cc2ccc(Cl)c(Cl)c2)(C(N)=O)C(=O)N1c1cccc(C(F)(F)F)c1. The molecule has 1 unspecified atom stereocenters. The van der Waals surface area contributed by atoms with Gasteiger partial charge in [0.1, 0.15) is 5.41 Å². The molecule has 0 spiro atoms. The molecule has 0 saturated carbocycles. The molecule has 3 rings (SSSR count). The lowest BCUT2D eigenvalue weighted by molar-refractivity contribution is -0.141. The van der Waals surface area contributed by atoms with Gasteiger partial charge in [0.25, 0.3) is 5.91 Å². The largest absolute Gasteiger partial charge is 0.416 e. The zero-order valence-corrected chi connectivity index (χ0v) is 20.6. The topological polar surface area (TPSA) is 83.7 Å². The lowest BCUT2D eigenvalue weighted by Crippen LogP contribution is -2.56. The molecule has 3 amide bonds. The summed E-state index contributed by atoms with van der Waals surface area (Å²) in [6.07, 6.45) is -5.25. The Morgan fingerprint density at radius 1 is 1.11 bits per heavy atom. The Kier molecular flexibility index (Phi) is 7.24. The molecule has 2 N–H and O–H groups in total. The van der Waals surface area contributed by atoms with Crippen molar-refractivity contribution in [2.75, 3.05) is 19.0 Å². The van der Waals surface area contributed by atoms with Gasteiger partial charge in [0, 0.05) is 37.5 Å². The fraction of sp³-hybridized carbons (Fsp3) is 0.292. The third-order valence-corrected chi connectivity index (χ3v) is 6.66. The van der Waals surface area contributed by atoms with Crippen LogP contribution in [0.3, 0.4) is 0 Å². The van der Waals surface area contributed by atoms with Gasteiger partial charge in [-0.05, 0) is 49.2 Å². The lowest BCUT2D eigenvalue weighted by Gasteiger charge is -2.41. The quantitative estimate of drug-likeness (QED) is 0.565. The summed E-state index contributed by atoms with van der Waals surface area (Å²) in [5, 5.41) is 0.432. The number of alkyl halides is 3. The molecule has 1 atom stereocenters. The standard InChI is InChI=1S/C24H22Cl2F3N3O3/c1-13-17(20(33)31(2)3)12-23(21(30)34,11-14-7-8-18(25)19(26)9-14)22(35)32(13)16-6-4-5-15(10-16)24(27,28)29/h4-10H,11-12H2,1-3H3,(H2,30,34). The molecule has 1 aliphatic rings. The molecule has 1 heterocycles. The normalized spacial score (nSPS) is 18.6. The van der Waals surface area contributed by atoms with E-state index in [9.17, 15) is 27.6 Å². The van der Waals surface area contributed by atoms with Gasteiger partial charge in [0.05, 0.1) is 15.6 Å². The smallest absolute Gasteiger partial charge is 0.369 e. The summed E-state index contributed by atoms with van der Waals surface area (Å²) in [6.45, 7) is 1.44. The predicted octanol–water partition coefficient (Wildman–Crippen LogP) is 4.83. The first-order valence-electron chi connectivity index (χ1n) is 10.4. The Balaban J connectivity index is 2.25. The molecule has 0 aromatic heterocycles. The number of benzene rings is 2. The zero-order chi connectivity index (χ0) is 26.3. The highest BCUT2D eigenvalue weighted by molar-refractivity contribution is 6.42. The summed E-state index contributed by atoms with van der Waals surface area (Å²) in [5.74, 6) is -2.38. The molecule has 0 bridgehead atoms. The van der Waals surface area contributed by atoms with Crippen LogP contribution in [0.2, 0.25) is 10.0 Å². The first-order valence-corrected chi connectivity index (χ1v) is 11.1. The molecule has 1 aliphatic heterocycles. The van der Waals surface area contributed by atoms with Gasteiger partial charge in [-0.1, -0.05) is 35.3 Å². The Morgan fingerprint density at radius 2 is 1.77 bits per heavy atom. The summed E-state index contributed by atoms with van der Waals surface area (Å²) in [6, 6.07) is 8.60. The molecule has 6 nitrogen and oxygen atoms in total. The second kappa shape index (κ2) is 9.54. The third kappa shape index (κ3) is 5.01. The molecular weight excluding hydrogens is 506 g/mol. The van der Waals surface area contributed by atoms with E-state index in [1.54, 1.807) is 6.07 Å². The molecule has 0 saturated heterocycles. The van der Waals surface area contributed by atoms with Crippen LogP contribution < -0.4 is 10.6 Å². The number of rotatable bonds is 5. The van der Waals surface area contributed by atoms with Crippen molar-refractivity contribution in [3.8, 4) is 0 Å². The minimum atomic E-state index is -4.67. The summed E-state index contributed by atoms with van der Waals surface area (Å²) in [7, 11) is 2.97. The number of carbonyl (C=O) groups excluding carboxylic acids is 3. The summed E-state index contributed by atoms with van der Waals surface area (Å²) in [5.41, 5.74) is 3.28. The van der Waals surface area contributed by atoms with Crippen molar-refractivity contribution in [1.82, 2.24) is 4.90 Å². The lowest BCUT2D eigenvalue weighted by atomic mass is 9.71. The minimum Gasteiger partial charge on any atom is -0.369 e. The fourth-order valence-corrected chi connectivity index (χ4v) is 4.38. The minimum absolute atomic E-state index is 0.0749. The molecule has 11 heteroatoms. The number of likely N-dealkylation sites (N-methyl/N-ethyl adjacent to an activating group) is 1. The van der Waals surface area contributed by atoms with Crippen LogP contribution >= 0.6 is 23.2 Å². The van der Waals surface area contributed by atoms with Crippen molar-refractivity contribution in [3.63, 3.8) is 0 Å². The van der Waals surface area contributed by atoms with E-state index in [0.29, 0.717) is 5.56 Å². The first kappa shape index (κ1) is 26.6. The molecule has 0 fully saturated rings. The molecule has 2 aromatic rings. The van der Waals surface area contributed by atoms with Gasteiger partial charge < -0.3 is 10.6 Å². The van der Waals surface area contributed by atoms with Crippen molar-refractivity contribution in [1.29, 1.82) is 0 Å². The maximum absolute atomic E-state index is 13.9. The average molecular weight is 528 g/mol. The molecule has 0 aliphatic carbocycles. The zero-order valence-electron chi connectivity index (χ0n) is 19.0. The number of hydrogen-bond acceptors (Lipinski definition) is 3. The molecule has 0 radical (unpaired) electrons. The van der Waals surface area contributed by atoms with E-state index in [4.69, 9.17) is 28.9 Å². The van der Waals surface area contributed by atoms with E-state index in [1.807, 2.05) is 0 Å². The highest BCUT2D eigenvalue weighted by Crippen LogP contribution is 2.43. The highest BCUT2D eigenvalue weighted by atomic mass is 35.5. The van der Waals surface area contributed by atoms with Gasteiger partial charge >= 0.3 is 6.18 Å². The fourth-order valence-electron chi connectivity index (χ4n) is 4.05. The number of carbonyl (C=O) groups is 3. The van der Waals surface area contributed by atoms with E-state index >= 15 is 0 Å². The molecule has 35 heavy (non-hydrogen) atoms. The van der Waals surface area contributed by atoms with Crippen LogP contribution in [0.15, 0.2) is 53.7 Å². The maximum atomic E-state index is 13.9. The predicted molar refractivity (Wildman–Crippen MR) is 127 cm³/mol. The van der Waals surface area contributed by atoms with Crippen LogP contribution in [0.5, 0.6) is 0 Å². The number of primary amides is 1. The van der Waals surface area contributed by atoms with Gasteiger partial charge in [0.2, 0.25) is 11.8 Å². The number of nitrogens with two attached hydrogens (primary N) is 1. The van der Waals surface area contributed by atoms with Crippen molar-refractivity contribution in [3.05, 3.63) is 74.9 Å². The van der Waals surface area contributed by atoms with Crippen molar-refractivity contribution in [2.24, 2.45) is 11.1 Å². The van der Waals surface area contributed by atoms with Crippen molar-refractivity contribution >= 4 is 46.6 Å². The van der Waals surface area contributed by atoms with E-state index in [2.05, 4.69) is 0 Å². The van der Waals surface area contributed by atoms with Crippen LogP contribution in [-0.2, 0) is 27.0 Å². The van der Waals surface area contributed by atoms with Gasteiger partial charge in [-0.25, -0.2) is 0 Å². The Bertz CT molecular complexity index is 1240. The number of amides is 3. The average Bonchev–Trinajstić information content (AvgIpc) is 2.77. The van der Waals surface area contributed by atoms with Crippen molar-refractivity contribution in [2.45, 2.75) is 25.9 Å². The van der Waals surface area contributed by atoms with Gasteiger partial charge in [-0.3, -0.25) is 19.3 Å². The first-order chi connectivity index (χ1) is 16.2. The molecular formula is C24H22Cl2F3N3O3. The number of halogens is 5. The number of allylic oxidation sites excluding steroid dienone is 1. The van der Waals surface area contributed by atoms with E-state index in [1.165, 1.54) is 44.1 Å². The van der Waals surface area contributed by atoms with Gasteiger partial charge in [-0.15, -0.1) is 0 Å². The second-order valence-corrected chi connectivity index (χ2v) is 9.31. The van der Waals surface area contributed by atoms with Gasteiger partial charge in [-0.2, -0.15) is 13.2 Å². The number of anilines is 1. The maximum Gasteiger partial charge on any atom is 0.416 e. The second-order valence-electron chi connectivity index (χ2n) is 8.50. The van der Waals surface area contributed by atoms with E-state index in [0.717, 1.165) is 23.1 Å². The van der Waals surface area contributed by atoms with Crippen LogP contribution in [0.4, 0.5) is 18.9 Å². The van der Waals surface area contributed by atoms with Gasteiger partial charge in [0.15, 0.2) is 0 Å². The van der Waals surface area contributed by atoms with Crippen molar-refractivity contribution < 1.29 is 27.6 Å². The van der Waals surface area contributed by atoms with E-state index < -0.39 is 34.9 Å². The van der Waals surface area contributed by atoms with Crippen LogP contribution in [0, 0.1) is 5.41 Å². The summed E-state index contributed by atoms with van der Waals surface area (Å²) < 4.78 is 40.2.